The number of carboxylic acid groups (broad SMARTS) is 1. The molecular weight excluding hydrogens is 244 g/mol. The maximum absolute atomic E-state index is 11.3. The number of rotatable bonds is 8. The van der Waals surface area contributed by atoms with Crippen LogP contribution in [0.3, 0.4) is 0 Å². The summed E-state index contributed by atoms with van der Waals surface area (Å²) in [6.07, 6.45) is 5.76. The summed E-state index contributed by atoms with van der Waals surface area (Å²) >= 11 is 0. The minimum atomic E-state index is -0.733. The number of nitrogens with one attached hydrogen (secondary N) is 1. The molecule has 1 saturated carbocycles. The third kappa shape index (κ3) is 5.09. The first-order valence-corrected chi connectivity index (χ1v) is 7.52. The first-order chi connectivity index (χ1) is 9.19. The summed E-state index contributed by atoms with van der Waals surface area (Å²) in [5.41, 5.74) is 0. The minimum Gasteiger partial charge on any atom is -0.480 e. The van der Waals surface area contributed by atoms with E-state index in [9.17, 15) is 9.90 Å². The number of nitrogens with zero attached hydrogens (tertiary/aromatic N) is 1. The average molecular weight is 270 g/mol. The van der Waals surface area contributed by atoms with E-state index in [1.807, 2.05) is 0 Å². The summed E-state index contributed by atoms with van der Waals surface area (Å²) in [5.74, 6) is -0.733. The van der Waals surface area contributed by atoms with Crippen LogP contribution in [0.15, 0.2) is 0 Å². The molecule has 0 aromatic rings. The number of ether oxygens (including phenoxy) is 1. The number of piperidine rings is 1. The summed E-state index contributed by atoms with van der Waals surface area (Å²) in [5, 5.41) is 12.5. The van der Waals surface area contributed by atoms with Crippen molar-refractivity contribution in [3.63, 3.8) is 0 Å². The van der Waals surface area contributed by atoms with Crippen molar-refractivity contribution in [2.24, 2.45) is 0 Å². The Morgan fingerprint density at radius 3 is 2.89 bits per heavy atom. The molecule has 1 heterocycles. The predicted molar refractivity (Wildman–Crippen MR) is 73.3 cm³/mol. The van der Waals surface area contributed by atoms with Gasteiger partial charge in [0.2, 0.25) is 0 Å². The quantitative estimate of drug-likeness (QED) is 0.691. The maximum Gasteiger partial charge on any atom is 0.322 e. The first kappa shape index (κ1) is 14.8. The normalized spacial score (nSPS) is 26.3. The van der Waals surface area contributed by atoms with Gasteiger partial charge in [0, 0.05) is 25.7 Å². The molecule has 19 heavy (non-hydrogen) atoms. The fourth-order valence-corrected chi connectivity index (χ4v) is 2.59. The van der Waals surface area contributed by atoms with Crippen LogP contribution < -0.4 is 5.32 Å². The molecule has 110 valence electrons. The third-order valence-corrected chi connectivity index (χ3v) is 3.77. The molecule has 2 rings (SSSR count). The SMILES string of the molecule is CCCOC1CCCN(CC(NC2CC2)C(=O)O)C1. The number of aliphatic carboxylic acids is 1. The molecule has 2 fully saturated rings. The monoisotopic (exact) mass is 270 g/mol. The molecule has 0 radical (unpaired) electrons. The lowest BCUT2D eigenvalue weighted by Crippen LogP contribution is -2.50. The van der Waals surface area contributed by atoms with Crippen LogP contribution in [0.2, 0.25) is 0 Å². The van der Waals surface area contributed by atoms with Gasteiger partial charge in [-0.15, -0.1) is 0 Å². The Morgan fingerprint density at radius 1 is 1.47 bits per heavy atom. The van der Waals surface area contributed by atoms with Crippen LogP contribution >= 0.6 is 0 Å². The van der Waals surface area contributed by atoms with Crippen LogP contribution in [0, 0.1) is 0 Å². The summed E-state index contributed by atoms with van der Waals surface area (Å²) in [6, 6.07) is -0.00421. The van der Waals surface area contributed by atoms with E-state index in [1.54, 1.807) is 0 Å². The van der Waals surface area contributed by atoms with Crippen molar-refractivity contribution in [2.75, 3.05) is 26.2 Å². The van der Waals surface area contributed by atoms with Gasteiger partial charge in [-0.1, -0.05) is 6.92 Å². The van der Waals surface area contributed by atoms with Gasteiger partial charge in [0.15, 0.2) is 0 Å². The number of hydrogen-bond acceptors (Lipinski definition) is 4. The summed E-state index contributed by atoms with van der Waals surface area (Å²) in [4.78, 5) is 13.5. The van der Waals surface area contributed by atoms with E-state index in [-0.39, 0.29) is 6.10 Å². The molecule has 1 aliphatic heterocycles. The molecule has 0 aromatic carbocycles. The van der Waals surface area contributed by atoms with E-state index in [1.165, 1.54) is 0 Å². The van der Waals surface area contributed by atoms with Gasteiger partial charge >= 0.3 is 5.97 Å². The van der Waals surface area contributed by atoms with Crippen molar-refractivity contribution in [2.45, 2.75) is 57.2 Å². The Hall–Kier alpha value is -0.650. The van der Waals surface area contributed by atoms with Crippen molar-refractivity contribution < 1.29 is 14.6 Å². The Balaban J connectivity index is 1.77. The molecule has 0 bridgehead atoms. The van der Waals surface area contributed by atoms with E-state index < -0.39 is 12.0 Å². The van der Waals surface area contributed by atoms with Crippen molar-refractivity contribution in [1.29, 1.82) is 0 Å². The zero-order valence-corrected chi connectivity index (χ0v) is 11.8. The van der Waals surface area contributed by atoms with E-state index in [2.05, 4.69) is 17.1 Å². The number of carboxylic acids is 1. The number of likely N-dealkylation sites (tertiary alicyclic amines) is 1. The highest BCUT2D eigenvalue weighted by molar-refractivity contribution is 5.73. The van der Waals surface area contributed by atoms with Gasteiger partial charge in [-0.25, -0.2) is 0 Å². The Kier molecular flexibility index (Phi) is 5.60. The fourth-order valence-electron chi connectivity index (χ4n) is 2.59. The van der Waals surface area contributed by atoms with E-state index in [4.69, 9.17) is 4.74 Å². The highest BCUT2D eigenvalue weighted by atomic mass is 16.5. The lowest BCUT2D eigenvalue weighted by Gasteiger charge is -2.34. The molecule has 0 amide bonds. The fraction of sp³-hybridized carbons (Fsp3) is 0.929. The van der Waals surface area contributed by atoms with E-state index in [0.717, 1.165) is 51.8 Å². The lowest BCUT2D eigenvalue weighted by atomic mass is 10.1. The van der Waals surface area contributed by atoms with Crippen molar-refractivity contribution in [3.8, 4) is 0 Å². The number of hydrogen-bond donors (Lipinski definition) is 2. The largest absolute Gasteiger partial charge is 0.480 e. The molecule has 1 saturated heterocycles. The van der Waals surface area contributed by atoms with E-state index >= 15 is 0 Å². The predicted octanol–water partition coefficient (Wildman–Crippen LogP) is 1.08. The molecule has 0 spiro atoms. The second-order valence-corrected chi connectivity index (χ2v) is 5.73. The smallest absolute Gasteiger partial charge is 0.322 e. The van der Waals surface area contributed by atoms with Crippen LogP contribution in [-0.2, 0) is 9.53 Å². The van der Waals surface area contributed by atoms with Gasteiger partial charge in [0.25, 0.3) is 0 Å². The second kappa shape index (κ2) is 7.22. The topological polar surface area (TPSA) is 61.8 Å². The van der Waals surface area contributed by atoms with Crippen LogP contribution in [0.4, 0.5) is 0 Å². The highest BCUT2D eigenvalue weighted by Crippen LogP contribution is 2.20. The van der Waals surface area contributed by atoms with Gasteiger partial charge in [0.1, 0.15) is 6.04 Å². The molecular formula is C14H26N2O3. The van der Waals surface area contributed by atoms with Crippen LogP contribution in [0.5, 0.6) is 0 Å². The first-order valence-electron chi connectivity index (χ1n) is 7.52. The molecule has 2 atom stereocenters. The number of carbonyl (C=O) groups is 1. The zero-order valence-electron chi connectivity index (χ0n) is 11.8. The third-order valence-electron chi connectivity index (χ3n) is 3.77. The molecule has 5 nitrogen and oxygen atoms in total. The molecule has 2 unspecified atom stereocenters. The van der Waals surface area contributed by atoms with Gasteiger partial charge in [0.05, 0.1) is 6.10 Å². The van der Waals surface area contributed by atoms with Crippen molar-refractivity contribution in [1.82, 2.24) is 10.2 Å². The Labute approximate surface area is 115 Å². The molecule has 2 N–H and O–H groups in total. The van der Waals surface area contributed by atoms with Gasteiger partial charge in [-0.3, -0.25) is 9.69 Å². The van der Waals surface area contributed by atoms with Gasteiger partial charge in [-0.05, 0) is 38.6 Å². The molecule has 0 aromatic heterocycles. The van der Waals surface area contributed by atoms with Crippen molar-refractivity contribution in [3.05, 3.63) is 0 Å². The van der Waals surface area contributed by atoms with Crippen molar-refractivity contribution >= 4 is 5.97 Å². The van der Waals surface area contributed by atoms with Gasteiger partial charge in [-0.2, -0.15) is 0 Å². The average Bonchev–Trinajstić information content (AvgIpc) is 3.20. The van der Waals surface area contributed by atoms with Crippen LogP contribution in [-0.4, -0.2) is 60.4 Å². The lowest BCUT2D eigenvalue weighted by molar-refractivity contribution is -0.140. The zero-order chi connectivity index (χ0) is 13.7. The standard InChI is InChI=1S/C14H26N2O3/c1-2-8-19-12-4-3-7-16(9-12)10-13(14(17)18)15-11-5-6-11/h11-13,15H,2-10H2,1H3,(H,17,18). The second-order valence-electron chi connectivity index (χ2n) is 5.73. The molecule has 5 heteroatoms. The van der Waals surface area contributed by atoms with E-state index in [0.29, 0.717) is 12.6 Å². The molecule has 2 aliphatic rings. The highest BCUT2D eigenvalue weighted by Gasteiger charge is 2.31. The Bertz CT molecular complexity index is 294. The maximum atomic E-state index is 11.3. The summed E-state index contributed by atoms with van der Waals surface area (Å²) in [7, 11) is 0. The Morgan fingerprint density at radius 2 is 2.26 bits per heavy atom. The van der Waals surface area contributed by atoms with Gasteiger partial charge < -0.3 is 15.2 Å². The summed E-state index contributed by atoms with van der Waals surface area (Å²) in [6.45, 7) is 5.37. The summed E-state index contributed by atoms with van der Waals surface area (Å²) < 4.78 is 5.79. The molecule has 1 aliphatic carbocycles. The van der Waals surface area contributed by atoms with Crippen LogP contribution in [0.1, 0.15) is 39.0 Å². The van der Waals surface area contributed by atoms with Crippen LogP contribution in [0.25, 0.3) is 0 Å². The minimum absolute atomic E-state index is 0.282.